The Morgan fingerprint density at radius 2 is 0.607 bits per heavy atom. The monoisotopic (exact) mass is 2090 g/mol. The minimum absolute atomic E-state index is 0.0447. The molecule has 16 aromatic rings. The van der Waals surface area contributed by atoms with Gasteiger partial charge in [0.1, 0.15) is 22.6 Å². The highest BCUT2D eigenvalue weighted by Gasteiger charge is 2.32. The lowest BCUT2D eigenvalue weighted by molar-refractivity contribution is 0.195. The van der Waals surface area contributed by atoms with Crippen molar-refractivity contribution >= 4 is 114 Å². The van der Waals surface area contributed by atoms with Crippen LogP contribution in [0.1, 0.15) is 118 Å². The van der Waals surface area contributed by atoms with Gasteiger partial charge in [-0.1, -0.05) is 119 Å². The summed E-state index contributed by atoms with van der Waals surface area (Å²) in [5.41, 5.74) is 18.0. The van der Waals surface area contributed by atoms with Gasteiger partial charge in [0.15, 0.2) is 0 Å². The molecule has 24 rings (SSSR count). The summed E-state index contributed by atoms with van der Waals surface area (Å²) in [7, 11) is 2.12. The number of nitrogens with zero attached hydrogens (tertiary/aromatic N) is 18. The summed E-state index contributed by atoms with van der Waals surface area (Å²) in [5.74, 6) is 2.08. The van der Waals surface area contributed by atoms with Crippen LogP contribution in [-0.4, -0.2) is 231 Å². The molecule has 0 saturated carbocycles. The number of benzene rings is 4. The fourth-order valence-corrected chi connectivity index (χ4v) is 22.3. The van der Waals surface area contributed by atoms with Crippen molar-refractivity contribution in [1.82, 2.24) is 98.5 Å². The highest BCUT2D eigenvalue weighted by atomic mass is 35.5. The van der Waals surface area contributed by atoms with E-state index < -0.39 is 0 Å². The molecule has 0 spiro atoms. The van der Waals surface area contributed by atoms with Gasteiger partial charge in [0, 0.05) is 214 Å². The predicted molar refractivity (Wildman–Crippen MR) is 594 cm³/mol. The van der Waals surface area contributed by atoms with E-state index in [2.05, 4.69) is 88.6 Å². The molecule has 12 aromatic heterocycles. The largest absolute Gasteiger partial charge is 0.379 e. The zero-order chi connectivity index (χ0) is 103. The van der Waals surface area contributed by atoms with Crippen molar-refractivity contribution in [3.8, 4) is 89.5 Å². The van der Waals surface area contributed by atoms with Gasteiger partial charge in [0.05, 0.1) is 73.4 Å². The highest BCUT2D eigenvalue weighted by Crippen LogP contribution is 2.41. The van der Waals surface area contributed by atoms with Crippen molar-refractivity contribution in [2.75, 3.05) is 140 Å². The Labute approximate surface area is 888 Å². The molecule has 8 fully saturated rings. The number of anilines is 4. The lowest BCUT2D eigenvalue weighted by Crippen LogP contribution is -2.36. The van der Waals surface area contributed by atoms with Crippen molar-refractivity contribution in [3.05, 3.63) is 279 Å². The smallest absolute Gasteiger partial charge is 0.260 e. The second kappa shape index (κ2) is 46.7. The van der Waals surface area contributed by atoms with Crippen LogP contribution in [0.4, 0.5) is 23.8 Å². The first kappa shape index (κ1) is 102. The lowest BCUT2D eigenvalue weighted by atomic mass is 10.0. The normalized spacial score (nSPS) is 18.4. The van der Waals surface area contributed by atoms with Crippen LogP contribution in [0.25, 0.3) is 134 Å². The van der Waals surface area contributed by atoms with E-state index in [1.54, 1.807) is 29.4 Å². The molecule has 150 heavy (non-hydrogen) atoms. The first-order valence-corrected chi connectivity index (χ1v) is 53.5. The van der Waals surface area contributed by atoms with E-state index in [0.29, 0.717) is 144 Å². The SMILES string of the molecule is Cc1cccc(-c2ccc(-c3cc4cnc(N[C@@H]5CCOC5)nc4n(C4CCN(C)CC4)c3=O)c(Cl)c2)n1.Cc1cccc(-c2ccc(-c3cc4cnc(N[C@@H]5CCOC5)nc4n(C4CCNCC4)c3=O)c(Cl)c2)n1.Cc1cccc(-c2ccc(-c3cc4cnc(N[C@@H]5CCOC5)nc4n(CCN4CCCC4)c3=O)c(Cl)c2)n1.Cc1cccc(-c2ccc(-c3cc4cnc(N[C@H]5CCOC5)nc4n(C4CCNCC4)c3=O)c(Cl)c2)n1. The van der Waals surface area contributed by atoms with E-state index in [-0.39, 0.29) is 64.5 Å². The molecule has 4 atom stereocenters. The number of piperidine rings is 3. The molecule has 36 heteroatoms. The molecule has 0 bridgehead atoms. The maximum absolute atomic E-state index is 14.1. The number of fused-ring (bicyclic) bond motifs is 4. The lowest BCUT2D eigenvalue weighted by Gasteiger charge is -2.31. The van der Waals surface area contributed by atoms with Crippen LogP contribution in [-0.2, 0) is 25.5 Å². The topological polar surface area (TPSA) is 358 Å². The minimum atomic E-state index is -0.103. The highest BCUT2D eigenvalue weighted by molar-refractivity contribution is 6.35. The molecule has 8 aliphatic heterocycles. The third-order valence-corrected chi connectivity index (χ3v) is 30.5. The molecule has 20 heterocycles. The van der Waals surface area contributed by atoms with E-state index in [1.807, 2.05) is 211 Å². The maximum atomic E-state index is 14.1. The van der Waals surface area contributed by atoms with Crippen LogP contribution in [0.15, 0.2) is 214 Å². The van der Waals surface area contributed by atoms with Crippen molar-refractivity contribution in [2.24, 2.45) is 0 Å². The second-order valence-corrected chi connectivity index (χ2v) is 41.5. The molecular weight excluding hydrogens is 1980 g/mol. The van der Waals surface area contributed by atoms with E-state index in [1.165, 1.54) is 12.8 Å². The predicted octanol–water partition coefficient (Wildman–Crippen LogP) is 18.9. The second-order valence-electron chi connectivity index (χ2n) is 39.9. The summed E-state index contributed by atoms with van der Waals surface area (Å²) in [6.07, 6.45) is 18.4. The van der Waals surface area contributed by atoms with Gasteiger partial charge in [-0.3, -0.25) is 57.4 Å². The maximum Gasteiger partial charge on any atom is 0.260 e. The Kier molecular flexibility index (Phi) is 31.9. The van der Waals surface area contributed by atoms with E-state index in [9.17, 15) is 19.2 Å². The van der Waals surface area contributed by atoms with Gasteiger partial charge >= 0.3 is 0 Å². The Morgan fingerprint density at radius 3 is 0.893 bits per heavy atom. The first-order chi connectivity index (χ1) is 73.1. The third kappa shape index (κ3) is 23.4. The summed E-state index contributed by atoms with van der Waals surface area (Å²) in [6, 6.07) is 54.9. The average molecular weight is 2100 g/mol. The number of halogens is 4. The molecule has 0 unspecified atom stereocenters. The van der Waals surface area contributed by atoms with Crippen LogP contribution >= 0.6 is 46.4 Å². The zero-order valence-corrected chi connectivity index (χ0v) is 87.6. The number of aryl methyl sites for hydroxylation is 4. The molecule has 772 valence electrons. The number of nitrogens with one attached hydrogen (secondary N) is 6. The van der Waals surface area contributed by atoms with Crippen LogP contribution in [0.2, 0.25) is 20.1 Å². The quantitative estimate of drug-likeness (QED) is 0.0367. The summed E-state index contributed by atoms with van der Waals surface area (Å²) in [6.45, 7) is 22.1. The Morgan fingerprint density at radius 1 is 0.320 bits per heavy atom. The molecule has 4 aromatic carbocycles. The van der Waals surface area contributed by atoms with Gasteiger partial charge in [-0.15, -0.1) is 0 Å². The van der Waals surface area contributed by atoms with Gasteiger partial charge < -0.3 is 60.6 Å². The molecular formula is C114H120Cl4N24O8. The van der Waals surface area contributed by atoms with Crippen molar-refractivity contribution < 1.29 is 18.9 Å². The summed E-state index contributed by atoms with van der Waals surface area (Å²) in [4.78, 5) is 117. The summed E-state index contributed by atoms with van der Waals surface area (Å²) >= 11 is 27.2. The number of likely N-dealkylation sites (tertiary alicyclic amines) is 2. The van der Waals surface area contributed by atoms with Gasteiger partial charge in [0.2, 0.25) is 23.8 Å². The third-order valence-electron chi connectivity index (χ3n) is 29.2. The fraction of sp³-hybridized carbons (Fsp3) is 0.368. The molecule has 32 nitrogen and oxygen atoms in total. The van der Waals surface area contributed by atoms with Gasteiger partial charge in [-0.25, -0.2) is 19.9 Å². The number of hydrogen-bond donors (Lipinski definition) is 6. The van der Waals surface area contributed by atoms with Gasteiger partial charge in [-0.05, 0) is 261 Å². The Hall–Kier alpha value is -13.3. The number of aromatic nitrogens is 16. The average Bonchev–Trinajstić information content (AvgIpc) is 1.00. The summed E-state index contributed by atoms with van der Waals surface area (Å²) < 4.78 is 29.3. The number of pyridine rings is 8. The van der Waals surface area contributed by atoms with Crippen molar-refractivity contribution in [1.29, 1.82) is 0 Å². The number of ether oxygens (including phenoxy) is 4. The molecule has 0 amide bonds. The fourth-order valence-electron chi connectivity index (χ4n) is 21.1. The molecule has 8 saturated heterocycles. The molecule has 6 N–H and O–H groups in total. The molecule has 0 aliphatic carbocycles. The minimum Gasteiger partial charge on any atom is -0.379 e. The van der Waals surface area contributed by atoms with Gasteiger partial charge in [0.25, 0.3) is 22.2 Å². The van der Waals surface area contributed by atoms with E-state index in [0.717, 1.165) is 239 Å². The van der Waals surface area contributed by atoms with E-state index >= 15 is 0 Å². The van der Waals surface area contributed by atoms with Crippen molar-refractivity contribution in [2.45, 2.75) is 154 Å². The zero-order valence-electron chi connectivity index (χ0n) is 84.6. The number of hydrogen-bond acceptors (Lipinski definition) is 28. The van der Waals surface area contributed by atoms with Crippen LogP contribution in [0.3, 0.4) is 0 Å². The first-order valence-electron chi connectivity index (χ1n) is 52.0. The molecule has 8 aliphatic rings. The van der Waals surface area contributed by atoms with Gasteiger partial charge in [-0.2, -0.15) is 19.9 Å². The van der Waals surface area contributed by atoms with Crippen LogP contribution in [0.5, 0.6) is 0 Å². The Balaban J connectivity index is 0.000000117. The van der Waals surface area contributed by atoms with Crippen LogP contribution < -0.4 is 54.1 Å². The number of rotatable bonds is 22. The molecule has 0 radical (unpaired) electrons. The summed E-state index contributed by atoms with van der Waals surface area (Å²) in [5, 5.41) is 25.5. The Bertz CT molecular complexity index is 7690. The van der Waals surface area contributed by atoms with Crippen LogP contribution in [0, 0.1) is 27.7 Å². The van der Waals surface area contributed by atoms with E-state index in [4.69, 9.17) is 85.3 Å². The standard InChI is InChI=1S/2C29H31ClN6O2.2C28H29ClN6O2/c1-18-4-3-5-26(32-18)19-6-7-23(25(30)15-19)24-14-20-16-31-29(33-21-10-13-38-17-21)34-27(20)36(28(24)37)22-8-11-35(2)12-9-22;1-19-5-4-6-26(32-19)20-7-8-23(25(30)16-20)24-15-21-17-31-29(33-22-9-14-38-18-22)34-27(21)36(28(24)37)13-12-35-10-2-3-11-35;2*1-17-3-2-4-25(32-17)18-5-6-22(24(29)14-18)23-13-19-15-31-28(33-20-9-12-37-16-20)34-26(19)35(27(23)36)21-7-10-30-11-8-21/h3-7,14-16,21-22H,8-13,17H2,1-2H3,(H,31,33,34);4-8,15-17,22H,2-3,9-14,18H2,1H3,(H,31,33,34);2*2-6,13-15,20-21,30H,7-12,16H2,1H3,(H,31,33,34)/t21-;22-;2*20-/m1110/s1. The van der Waals surface area contributed by atoms with Crippen molar-refractivity contribution in [3.63, 3.8) is 0 Å².